The lowest BCUT2D eigenvalue weighted by molar-refractivity contribution is -0.141. The molecule has 3 rings (SSSR count). The van der Waals surface area contributed by atoms with E-state index in [1.165, 1.54) is 23.4 Å². The molecule has 9 heteroatoms. The molecule has 0 unspecified atom stereocenters. The van der Waals surface area contributed by atoms with Gasteiger partial charge < -0.3 is 10.0 Å². The minimum Gasteiger partial charge on any atom is -0.394 e. The van der Waals surface area contributed by atoms with E-state index in [4.69, 9.17) is 0 Å². The van der Waals surface area contributed by atoms with Crippen molar-refractivity contribution in [3.63, 3.8) is 0 Å². The first-order valence-corrected chi connectivity index (χ1v) is 7.26. The molecule has 1 saturated heterocycles. The van der Waals surface area contributed by atoms with Gasteiger partial charge in [-0.25, -0.2) is 14.4 Å². The van der Waals surface area contributed by atoms with E-state index in [-0.39, 0.29) is 31.2 Å². The molecule has 0 bridgehead atoms. The lowest BCUT2D eigenvalue weighted by Gasteiger charge is -2.24. The number of rotatable bonds is 3. The zero-order valence-corrected chi connectivity index (χ0v) is 12.4. The summed E-state index contributed by atoms with van der Waals surface area (Å²) in [7, 11) is 0. The first-order valence-electron chi connectivity index (χ1n) is 7.26. The Bertz CT molecular complexity index is 710. The maximum absolute atomic E-state index is 13.6. The Kier molecular flexibility index (Phi) is 4.35. The highest BCUT2D eigenvalue weighted by Crippen LogP contribution is 2.34. The molecule has 0 aliphatic carbocycles. The van der Waals surface area contributed by atoms with Crippen molar-refractivity contribution in [1.82, 2.24) is 15.0 Å². The summed E-state index contributed by atoms with van der Waals surface area (Å²) >= 11 is 0. The molecule has 3 heterocycles. The molecule has 2 atom stereocenters. The van der Waals surface area contributed by atoms with Gasteiger partial charge in [0.25, 0.3) is 0 Å². The number of aromatic nitrogens is 3. The Morgan fingerprint density at radius 1 is 1.29 bits per heavy atom. The maximum Gasteiger partial charge on any atom is 0.433 e. The lowest BCUT2D eigenvalue weighted by Crippen LogP contribution is -2.33. The molecule has 0 amide bonds. The van der Waals surface area contributed by atoms with Gasteiger partial charge in [-0.1, -0.05) is 0 Å². The van der Waals surface area contributed by atoms with E-state index in [2.05, 4.69) is 15.0 Å². The van der Waals surface area contributed by atoms with E-state index >= 15 is 0 Å². The molecular weight excluding hydrogens is 328 g/mol. The predicted molar refractivity (Wildman–Crippen MR) is 78.0 cm³/mol. The van der Waals surface area contributed by atoms with E-state index in [0.717, 1.165) is 6.07 Å². The Hall–Kier alpha value is -2.29. The second kappa shape index (κ2) is 6.31. The average Bonchev–Trinajstić information content (AvgIpc) is 2.95. The van der Waals surface area contributed by atoms with Crippen LogP contribution in [0.25, 0.3) is 11.4 Å². The van der Waals surface area contributed by atoms with Crippen LogP contribution >= 0.6 is 0 Å². The second-order valence-electron chi connectivity index (χ2n) is 5.50. The fourth-order valence-electron chi connectivity index (χ4n) is 2.66. The van der Waals surface area contributed by atoms with Gasteiger partial charge in [0.05, 0.1) is 19.2 Å². The van der Waals surface area contributed by atoms with Crippen molar-refractivity contribution in [2.45, 2.75) is 24.8 Å². The first kappa shape index (κ1) is 16.6. The van der Waals surface area contributed by atoms with Crippen molar-refractivity contribution < 1.29 is 22.7 Å². The summed E-state index contributed by atoms with van der Waals surface area (Å²) in [4.78, 5) is 12.9. The molecule has 1 fully saturated rings. The van der Waals surface area contributed by atoms with Gasteiger partial charge in [0.1, 0.15) is 12.0 Å². The van der Waals surface area contributed by atoms with E-state index in [1.54, 1.807) is 6.07 Å². The Balaban J connectivity index is 2.09. The van der Waals surface area contributed by atoms with Crippen LogP contribution < -0.4 is 4.90 Å². The van der Waals surface area contributed by atoms with E-state index in [1.807, 2.05) is 0 Å². The summed E-state index contributed by atoms with van der Waals surface area (Å²) in [5, 5.41) is 9.35. The van der Waals surface area contributed by atoms with Crippen LogP contribution in [0, 0.1) is 0 Å². The van der Waals surface area contributed by atoms with Gasteiger partial charge in [0.2, 0.25) is 0 Å². The van der Waals surface area contributed by atoms with Gasteiger partial charge >= 0.3 is 6.18 Å². The highest BCUT2D eigenvalue weighted by Gasteiger charge is 2.37. The van der Waals surface area contributed by atoms with Crippen molar-refractivity contribution in [3.8, 4) is 11.4 Å². The zero-order chi connectivity index (χ0) is 17.3. The van der Waals surface area contributed by atoms with Crippen molar-refractivity contribution in [1.29, 1.82) is 0 Å². The molecule has 0 spiro atoms. The summed E-state index contributed by atoms with van der Waals surface area (Å²) in [6.07, 6.45) is -3.02. The van der Waals surface area contributed by atoms with Crippen LogP contribution in [0.5, 0.6) is 0 Å². The number of aliphatic hydroxyl groups excluding tert-OH is 1. The fraction of sp³-hybridized carbons (Fsp3) is 0.400. The van der Waals surface area contributed by atoms with Gasteiger partial charge in [0.15, 0.2) is 11.5 Å². The normalized spacial score (nSPS) is 21.3. The second-order valence-corrected chi connectivity index (χ2v) is 5.50. The van der Waals surface area contributed by atoms with Gasteiger partial charge in [0, 0.05) is 30.4 Å². The van der Waals surface area contributed by atoms with E-state index in [9.17, 15) is 22.7 Å². The highest BCUT2D eigenvalue weighted by atomic mass is 19.4. The van der Waals surface area contributed by atoms with Crippen LogP contribution in [0.3, 0.4) is 0 Å². The molecule has 24 heavy (non-hydrogen) atoms. The third-order valence-corrected chi connectivity index (χ3v) is 3.79. The molecule has 5 nitrogen and oxygen atoms in total. The summed E-state index contributed by atoms with van der Waals surface area (Å²) < 4.78 is 53.1. The zero-order valence-electron chi connectivity index (χ0n) is 12.4. The first-order chi connectivity index (χ1) is 11.4. The van der Waals surface area contributed by atoms with Crippen LogP contribution in [0.4, 0.5) is 23.4 Å². The van der Waals surface area contributed by atoms with Crippen LogP contribution in [-0.4, -0.2) is 45.4 Å². The quantitative estimate of drug-likeness (QED) is 0.869. The minimum atomic E-state index is -4.67. The molecule has 1 N–H and O–H groups in total. The van der Waals surface area contributed by atoms with E-state index < -0.39 is 24.1 Å². The Labute approximate surface area is 135 Å². The number of alkyl halides is 4. The molecule has 2 aromatic rings. The Morgan fingerprint density at radius 3 is 2.71 bits per heavy atom. The van der Waals surface area contributed by atoms with Crippen LogP contribution in [0.15, 0.2) is 30.6 Å². The molecular formula is C15H14F4N4O. The van der Waals surface area contributed by atoms with Crippen molar-refractivity contribution in [2.24, 2.45) is 0 Å². The topological polar surface area (TPSA) is 62.1 Å². The fourth-order valence-corrected chi connectivity index (χ4v) is 2.66. The lowest BCUT2D eigenvalue weighted by atomic mass is 10.2. The number of hydrogen-bond donors (Lipinski definition) is 1. The van der Waals surface area contributed by atoms with Gasteiger partial charge in [-0.2, -0.15) is 13.2 Å². The smallest absolute Gasteiger partial charge is 0.394 e. The summed E-state index contributed by atoms with van der Waals surface area (Å²) in [6, 6.07) is 3.26. The monoisotopic (exact) mass is 342 g/mol. The predicted octanol–water partition coefficient (Wildman–Crippen LogP) is 2.47. The third-order valence-electron chi connectivity index (χ3n) is 3.79. The number of aliphatic hydroxyl groups is 1. The number of nitrogens with zero attached hydrogens (tertiary/aromatic N) is 4. The van der Waals surface area contributed by atoms with E-state index in [0.29, 0.717) is 5.56 Å². The molecule has 1 aliphatic heterocycles. The SMILES string of the molecule is OC[C@@H]1C[C@H](F)CN1c1cc(C(F)(F)F)nc(-c2cccnc2)n1. The summed E-state index contributed by atoms with van der Waals surface area (Å²) in [5.41, 5.74) is -0.799. The largest absolute Gasteiger partial charge is 0.433 e. The molecule has 128 valence electrons. The minimum absolute atomic E-state index is 0.0457. The molecule has 0 radical (unpaired) electrons. The third kappa shape index (κ3) is 3.30. The molecule has 0 saturated carbocycles. The molecule has 2 aromatic heterocycles. The number of hydrogen-bond acceptors (Lipinski definition) is 5. The van der Waals surface area contributed by atoms with Crippen LogP contribution in [0.1, 0.15) is 12.1 Å². The Morgan fingerprint density at radius 2 is 2.08 bits per heavy atom. The summed E-state index contributed by atoms with van der Waals surface area (Å²) in [5.74, 6) is -0.206. The average molecular weight is 342 g/mol. The van der Waals surface area contributed by atoms with Crippen molar-refractivity contribution in [3.05, 3.63) is 36.3 Å². The number of pyridine rings is 1. The highest BCUT2D eigenvalue weighted by molar-refractivity contribution is 5.57. The van der Waals surface area contributed by atoms with Crippen LogP contribution in [-0.2, 0) is 6.18 Å². The van der Waals surface area contributed by atoms with Crippen molar-refractivity contribution >= 4 is 5.82 Å². The van der Waals surface area contributed by atoms with Crippen molar-refractivity contribution in [2.75, 3.05) is 18.1 Å². The van der Waals surface area contributed by atoms with Crippen LogP contribution in [0.2, 0.25) is 0 Å². The number of halogens is 4. The molecule has 0 aromatic carbocycles. The standard InChI is InChI=1S/C15H14F4N4O/c16-10-4-11(8-24)23(7-10)13-5-12(15(17,18)19)21-14(22-13)9-2-1-3-20-6-9/h1-3,5-6,10-11,24H,4,7-8H2/t10-,11-/m0/s1. The molecule has 1 aliphatic rings. The van der Waals surface area contributed by atoms with Gasteiger partial charge in [-0.15, -0.1) is 0 Å². The van der Waals surface area contributed by atoms with Gasteiger partial charge in [-0.3, -0.25) is 4.98 Å². The maximum atomic E-state index is 13.6. The number of anilines is 1. The summed E-state index contributed by atoms with van der Waals surface area (Å²) in [6.45, 7) is -0.486. The van der Waals surface area contributed by atoms with Gasteiger partial charge in [-0.05, 0) is 12.1 Å².